The molecule has 0 unspecified atom stereocenters. The number of aryl methyl sites for hydroxylation is 1. The summed E-state index contributed by atoms with van der Waals surface area (Å²) in [4.78, 5) is 45.6. The zero-order valence-electron chi connectivity index (χ0n) is 17.4. The first-order valence-electron chi connectivity index (χ1n) is 10.3. The second-order valence-corrected chi connectivity index (χ2v) is 8.23. The molecule has 0 N–H and O–H groups in total. The third kappa shape index (κ3) is 3.75. The van der Waals surface area contributed by atoms with Crippen molar-refractivity contribution in [1.82, 2.24) is 23.9 Å². The van der Waals surface area contributed by atoms with Gasteiger partial charge in [-0.15, -0.1) is 0 Å². The summed E-state index contributed by atoms with van der Waals surface area (Å²) < 4.78 is 43.3. The standard InChI is InChI=1S/C20H24F3N5O3/c1-25-17-16(18(30)26(2)19(25)31)12(20(21,22)23)10-13(24-17)14-6-5-9-28(14)15(29)11-27-7-3-4-8-27/h10,14H,3-9,11H2,1-2H3/t14-/m0/s1. The largest absolute Gasteiger partial charge is 0.417 e. The van der Waals surface area contributed by atoms with Crippen LogP contribution in [0.1, 0.15) is 43.0 Å². The molecule has 2 saturated heterocycles. The number of pyridine rings is 1. The van der Waals surface area contributed by atoms with Crippen molar-refractivity contribution in [3.8, 4) is 0 Å². The van der Waals surface area contributed by atoms with Gasteiger partial charge in [-0.3, -0.25) is 23.6 Å². The summed E-state index contributed by atoms with van der Waals surface area (Å²) in [6.45, 7) is 2.34. The molecule has 0 aromatic carbocycles. The molecule has 0 radical (unpaired) electrons. The van der Waals surface area contributed by atoms with Crippen molar-refractivity contribution < 1.29 is 18.0 Å². The van der Waals surface area contributed by atoms with Gasteiger partial charge in [-0.2, -0.15) is 13.2 Å². The lowest BCUT2D eigenvalue weighted by Crippen LogP contribution is -2.40. The third-order valence-corrected chi connectivity index (χ3v) is 6.21. The van der Waals surface area contributed by atoms with Crippen molar-refractivity contribution in [1.29, 1.82) is 0 Å². The predicted octanol–water partition coefficient (Wildman–Crippen LogP) is 1.41. The van der Waals surface area contributed by atoms with E-state index in [1.165, 1.54) is 7.05 Å². The Morgan fingerprint density at radius 3 is 2.42 bits per heavy atom. The van der Waals surface area contributed by atoms with Gasteiger partial charge in [0.05, 0.1) is 29.2 Å². The van der Waals surface area contributed by atoms with Crippen molar-refractivity contribution in [2.75, 3.05) is 26.2 Å². The summed E-state index contributed by atoms with van der Waals surface area (Å²) >= 11 is 0. The number of halogens is 3. The number of likely N-dealkylation sites (tertiary alicyclic amines) is 2. The van der Waals surface area contributed by atoms with Crippen molar-refractivity contribution >= 4 is 16.9 Å². The Hall–Kier alpha value is -2.69. The molecule has 0 aliphatic carbocycles. The molecule has 11 heteroatoms. The molecule has 2 fully saturated rings. The molecule has 1 atom stereocenters. The van der Waals surface area contributed by atoms with Crippen LogP contribution in [0.3, 0.4) is 0 Å². The predicted molar refractivity (Wildman–Crippen MR) is 107 cm³/mol. The minimum atomic E-state index is -4.82. The Balaban J connectivity index is 1.83. The second kappa shape index (κ2) is 7.77. The monoisotopic (exact) mass is 439 g/mol. The van der Waals surface area contributed by atoms with Gasteiger partial charge in [0, 0.05) is 20.6 Å². The van der Waals surface area contributed by atoms with E-state index in [9.17, 15) is 27.6 Å². The molecule has 1 amide bonds. The average Bonchev–Trinajstić information content (AvgIpc) is 3.41. The maximum Gasteiger partial charge on any atom is 0.417 e. The summed E-state index contributed by atoms with van der Waals surface area (Å²) in [6, 6.07) is 0.236. The van der Waals surface area contributed by atoms with Gasteiger partial charge in [0.25, 0.3) is 5.56 Å². The summed E-state index contributed by atoms with van der Waals surface area (Å²) in [5.41, 5.74) is -3.21. The van der Waals surface area contributed by atoms with Crippen LogP contribution in [0.25, 0.3) is 11.0 Å². The van der Waals surface area contributed by atoms with Crippen LogP contribution >= 0.6 is 0 Å². The van der Waals surface area contributed by atoms with Crippen LogP contribution in [0, 0.1) is 0 Å². The topological polar surface area (TPSA) is 80.4 Å². The fourth-order valence-electron chi connectivity index (χ4n) is 4.56. The van der Waals surface area contributed by atoms with Crippen LogP contribution in [0.5, 0.6) is 0 Å². The minimum absolute atomic E-state index is 0.0513. The summed E-state index contributed by atoms with van der Waals surface area (Å²) in [6.07, 6.45) is -1.64. The van der Waals surface area contributed by atoms with Crippen molar-refractivity contribution in [3.63, 3.8) is 0 Å². The Kier molecular flexibility index (Phi) is 5.40. The molecule has 0 saturated carbocycles. The molecule has 4 heterocycles. The average molecular weight is 439 g/mol. The fraction of sp³-hybridized carbons (Fsp3) is 0.600. The lowest BCUT2D eigenvalue weighted by atomic mass is 10.0. The van der Waals surface area contributed by atoms with Crippen molar-refractivity contribution in [3.05, 3.63) is 38.2 Å². The number of carbonyl (C=O) groups excluding carboxylic acids is 1. The van der Waals surface area contributed by atoms with Gasteiger partial charge >= 0.3 is 11.9 Å². The molecule has 2 aromatic rings. The van der Waals surface area contributed by atoms with Gasteiger partial charge in [0.1, 0.15) is 5.65 Å². The van der Waals surface area contributed by atoms with Crippen molar-refractivity contribution in [2.24, 2.45) is 14.1 Å². The lowest BCUT2D eigenvalue weighted by Gasteiger charge is -2.27. The number of alkyl halides is 3. The quantitative estimate of drug-likeness (QED) is 0.723. The highest BCUT2D eigenvalue weighted by atomic mass is 19.4. The van der Waals surface area contributed by atoms with Crippen molar-refractivity contribution in [2.45, 2.75) is 37.9 Å². The highest BCUT2D eigenvalue weighted by Gasteiger charge is 2.38. The zero-order valence-corrected chi connectivity index (χ0v) is 17.4. The molecular weight excluding hydrogens is 415 g/mol. The fourth-order valence-corrected chi connectivity index (χ4v) is 4.56. The van der Waals surface area contributed by atoms with E-state index in [1.54, 1.807) is 4.90 Å². The van der Waals surface area contributed by atoms with E-state index in [0.29, 0.717) is 24.0 Å². The van der Waals surface area contributed by atoms with E-state index in [2.05, 4.69) is 4.98 Å². The number of aromatic nitrogens is 3. The van der Waals surface area contributed by atoms with Gasteiger partial charge in [-0.05, 0) is 44.8 Å². The van der Waals surface area contributed by atoms with Crippen LogP contribution in [-0.2, 0) is 25.1 Å². The van der Waals surface area contributed by atoms with E-state index in [1.807, 2.05) is 4.90 Å². The maximum atomic E-state index is 13.9. The summed E-state index contributed by atoms with van der Waals surface area (Å²) in [5.74, 6) is -0.141. The highest BCUT2D eigenvalue weighted by Crippen LogP contribution is 2.37. The van der Waals surface area contributed by atoms with Crippen LogP contribution in [0.15, 0.2) is 15.7 Å². The maximum absolute atomic E-state index is 13.9. The minimum Gasteiger partial charge on any atom is -0.333 e. The number of fused-ring (bicyclic) bond motifs is 1. The Labute approximate surface area is 175 Å². The molecular formula is C20H24F3N5O3. The van der Waals surface area contributed by atoms with Crippen LogP contribution in [0.2, 0.25) is 0 Å². The molecule has 0 spiro atoms. The van der Waals surface area contributed by atoms with E-state index in [-0.39, 0.29) is 23.8 Å². The number of nitrogens with zero attached hydrogens (tertiary/aromatic N) is 5. The molecule has 0 bridgehead atoms. The van der Waals surface area contributed by atoms with Gasteiger partial charge in [0.2, 0.25) is 5.91 Å². The van der Waals surface area contributed by atoms with Gasteiger partial charge in [0.15, 0.2) is 0 Å². The molecule has 2 aliphatic heterocycles. The van der Waals surface area contributed by atoms with E-state index >= 15 is 0 Å². The second-order valence-electron chi connectivity index (χ2n) is 8.23. The number of rotatable bonds is 3. The lowest BCUT2D eigenvalue weighted by molar-refractivity contribution is -0.136. The SMILES string of the molecule is Cn1c(=O)c2c(C(F)(F)F)cc([C@@H]3CCCN3C(=O)CN3CCCC3)nc2n(C)c1=O. The first kappa shape index (κ1) is 21.5. The summed E-state index contributed by atoms with van der Waals surface area (Å²) in [7, 11) is 2.42. The molecule has 2 aliphatic rings. The van der Waals surface area contributed by atoms with Gasteiger partial charge < -0.3 is 4.90 Å². The molecule has 2 aromatic heterocycles. The van der Waals surface area contributed by atoms with E-state index in [0.717, 1.165) is 43.6 Å². The molecule has 31 heavy (non-hydrogen) atoms. The Morgan fingerprint density at radius 2 is 1.77 bits per heavy atom. The van der Waals surface area contributed by atoms with Crippen LogP contribution in [-0.4, -0.2) is 56.0 Å². The number of carbonyl (C=O) groups is 1. The molecule has 8 nitrogen and oxygen atoms in total. The molecule has 4 rings (SSSR count). The Bertz CT molecular complexity index is 1150. The first-order valence-corrected chi connectivity index (χ1v) is 10.3. The molecule has 168 valence electrons. The first-order chi connectivity index (χ1) is 14.6. The van der Waals surface area contributed by atoms with Crippen LogP contribution < -0.4 is 11.2 Å². The smallest absolute Gasteiger partial charge is 0.333 e. The van der Waals surface area contributed by atoms with E-state index in [4.69, 9.17) is 0 Å². The third-order valence-electron chi connectivity index (χ3n) is 6.21. The number of hydrogen-bond donors (Lipinski definition) is 0. The highest BCUT2D eigenvalue weighted by molar-refractivity contribution is 5.81. The summed E-state index contributed by atoms with van der Waals surface area (Å²) in [5, 5.41) is -0.645. The van der Waals surface area contributed by atoms with Gasteiger partial charge in [-0.25, -0.2) is 9.78 Å². The Morgan fingerprint density at radius 1 is 1.10 bits per heavy atom. The van der Waals surface area contributed by atoms with Crippen LogP contribution in [0.4, 0.5) is 13.2 Å². The van der Waals surface area contributed by atoms with E-state index < -0.39 is 34.4 Å². The van der Waals surface area contributed by atoms with Gasteiger partial charge in [-0.1, -0.05) is 0 Å². The number of hydrogen-bond acceptors (Lipinski definition) is 5. The number of amides is 1. The normalized spacial score (nSPS) is 20.2. The zero-order chi connectivity index (χ0) is 22.5.